The molecule has 1 heterocycles. The van der Waals surface area contributed by atoms with Gasteiger partial charge in [-0.3, -0.25) is 4.79 Å². The third kappa shape index (κ3) is 3.15. The van der Waals surface area contributed by atoms with E-state index in [-0.39, 0.29) is 23.1 Å². The molecule has 0 unspecified atom stereocenters. The van der Waals surface area contributed by atoms with Crippen molar-refractivity contribution in [2.45, 2.75) is 31.7 Å². The summed E-state index contributed by atoms with van der Waals surface area (Å²) in [6.45, 7) is 0. The molecule has 0 spiro atoms. The maximum atomic E-state index is 12.2. The van der Waals surface area contributed by atoms with Gasteiger partial charge in [-0.1, -0.05) is 18.9 Å². The molecular weight excluding hydrogens is 306 g/mol. The van der Waals surface area contributed by atoms with Crippen LogP contribution in [0.25, 0.3) is 17.0 Å². The molecule has 6 nitrogen and oxygen atoms in total. The lowest BCUT2D eigenvalue weighted by molar-refractivity contribution is -0.117. The number of carboxylic acids is 1. The number of hydrogen-bond acceptors (Lipinski definition) is 3. The number of aromatic nitrogens is 1. The minimum Gasteiger partial charge on any atom is -0.478 e. The molecule has 1 aromatic carbocycles. The number of carbonyl (C=O) groups excluding carboxylic acids is 1. The van der Waals surface area contributed by atoms with Crippen LogP contribution in [0.4, 0.5) is 0 Å². The van der Waals surface area contributed by atoms with Crippen molar-refractivity contribution in [2.24, 2.45) is 0 Å². The Labute approximate surface area is 138 Å². The predicted octanol–water partition coefficient (Wildman–Crippen LogP) is 2.83. The standard InChI is InChI=1S/C18H17N3O3/c19-9-12(17(22)21-14-3-1-2-4-14)7-13-10-20-16-8-11(18(23)24)5-6-15(13)16/h5-8,10,14,20H,1-4H2,(H,21,22)(H,23,24)/b12-7+. The molecule has 1 aromatic heterocycles. The van der Waals surface area contributed by atoms with Gasteiger partial charge in [-0.2, -0.15) is 5.26 Å². The van der Waals surface area contributed by atoms with Gasteiger partial charge in [0.05, 0.1) is 5.56 Å². The molecule has 0 radical (unpaired) electrons. The molecule has 1 fully saturated rings. The van der Waals surface area contributed by atoms with E-state index in [1.165, 1.54) is 18.2 Å². The Morgan fingerprint density at radius 3 is 2.75 bits per heavy atom. The van der Waals surface area contributed by atoms with E-state index in [4.69, 9.17) is 5.11 Å². The zero-order valence-corrected chi connectivity index (χ0v) is 13.0. The lowest BCUT2D eigenvalue weighted by Crippen LogP contribution is -2.33. The van der Waals surface area contributed by atoms with E-state index in [1.807, 2.05) is 6.07 Å². The van der Waals surface area contributed by atoms with Crippen LogP contribution in [0.5, 0.6) is 0 Å². The number of nitriles is 1. The largest absolute Gasteiger partial charge is 0.478 e. The molecule has 1 saturated carbocycles. The SMILES string of the molecule is N#C/C(=C\c1c[nH]c2cc(C(=O)O)ccc12)C(=O)NC1CCCC1. The minimum atomic E-state index is -1.00. The molecule has 122 valence electrons. The van der Waals surface area contributed by atoms with Gasteiger partial charge in [-0.05, 0) is 31.1 Å². The summed E-state index contributed by atoms with van der Waals surface area (Å²) in [6, 6.07) is 6.80. The third-order valence-electron chi connectivity index (χ3n) is 4.32. The molecule has 0 aliphatic heterocycles. The fourth-order valence-electron chi connectivity index (χ4n) is 3.04. The van der Waals surface area contributed by atoms with Crippen molar-refractivity contribution in [3.63, 3.8) is 0 Å². The average molecular weight is 323 g/mol. The summed E-state index contributed by atoms with van der Waals surface area (Å²) in [5.41, 5.74) is 1.55. The van der Waals surface area contributed by atoms with Crippen LogP contribution in [0.3, 0.4) is 0 Å². The highest BCUT2D eigenvalue weighted by molar-refractivity contribution is 6.04. The van der Waals surface area contributed by atoms with Crippen molar-refractivity contribution in [3.8, 4) is 6.07 Å². The van der Waals surface area contributed by atoms with Crippen molar-refractivity contribution in [2.75, 3.05) is 0 Å². The highest BCUT2D eigenvalue weighted by atomic mass is 16.4. The summed E-state index contributed by atoms with van der Waals surface area (Å²) >= 11 is 0. The maximum Gasteiger partial charge on any atom is 0.335 e. The number of carboxylic acid groups (broad SMARTS) is 1. The second-order valence-electron chi connectivity index (χ2n) is 5.93. The number of fused-ring (bicyclic) bond motifs is 1. The van der Waals surface area contributed by atoms with Gasteiger partial charge in [0.15, 0.2) is 0 Å². The van der Waals surface area contributed by atoms with Crippen LogP contribution in [0.15, 0.2) is 30.0 Å². The van der Waals surface area contributed by atoms with Gasteiger partial charge >= 0.3 is 5.97 Å². The van der Waals surface area contributed by atoms with Gasteiger partial charge in [-0.25, -0.2) is 4.79 Å². The van der Waals surface area contributed by atoms with Gasteiger partial charge in [0.25, 0.3) is 5.91 Å². The number of carbonyl (C=O) groups is 2. The third-order valence-corrected chi connectivity index (χ3v) is 4.32. The van der Waals surface area contributed by atoms with Gasteiger partial charge in [0, 0.05) is 28.7 Å². The number of nitrogens with zero attached hydrogens (tertiary/aromatic N) is 1. The molecule has 3 rings (SSSR count). The predicted molar refractivity (Wildman–Crippen MR) is 89.2 cm³/mol. The van der Waals surface area contributed by atoms with Crippen molar-refractivity contribution < 1.29 is 14.7 Å². The fraction of sp³-hybridized carbons (Fsp3) is 0.278. The molecule has 1 aliphatic carbocycles. The number of aromatic amines is 1. The van der Waals surface area contributed by atoms with Crippen molar-refractivity contribution in [1.29, 1.82) is 5.26 Å². The summed E-state index contributed by atoms with van der Waals surface area (Å²) in [4.78, 5) is 26.2. The molecule has 1 aliphatic rings. The second-order valence-corrected chi connectivity index (χ2v) is 5.93. The molecule has 0 bridgehead atoms. The normalized spacial score (nSPS) is 15.4. The van der Waals surface area contributed by atoms with Crippen LogP contribution >= 0.6 is 0 Å². The molecule has 3 N–H and O–H groups in total. The minimum absolute atomic E-state index is 0.0464. The second kappa shape index (κ2) is 6.59. The first kappa shape index (κ1) is 15.8. The monoisotopic (exact) mass is 323 g/mol. The summed E-state index contributed by atoms with van der Waals surface area (Å²) in [6.07, 6.45) is 7.31. The Bertz CT molecular complexity index is 867. The van der Waals surface area contributed by atoms with Crippen LogP contribution in [-0.4, -0.2) is 28.0 Å². The summed E-state index contributed by atoms with van der Waals surface area (Å²) in [5.74, 6) is -1.36. The number of amides is 1. The quantitative estimate of drug-likeness (QED) is 0.594. The Balaban J connectivity index is 1.87. The first-order chi connectivity index (χ1) is 11.6. The summed E-state index contributed by atoms with van der Waals surface area (Å²) in [5, 5.41) is 22.0. The van der Waals surface area contributed by atoms with E-state index in [0.717, 1.165) is 31.1 Å². The highest BCUT2D eigenvalue weighted by Crippen LogP contribution is 2.23. The van der Waals surface area contributed by atoms with Crippen LogP contribution in [0.2, 0.25) is 0 Å². The van der Waals surface area contributed by atoms with Crippen LogP contribution in [0.1, 0.15) is 41.6 Å². The lowest BCUT2D eigenvalue weighted by atomic mass is 10.1. The molecule has 1 amide bonds. The van der Waals surface area contributed by atoms with Gasteiger partial charge < -0.3 is 15.4 Å². The number of H-pyrrole nitrogens is 1. The van der Waals surface area contributed by atoms with Gasteiger partial charge in [0.1, 0.15) is 11.6 Å². The topological polar surface area (TPSA) is 106 Å². The van der Waals surface area contributed by atoms with Crippen LogP contribution < -0.4 is 5.32 Å². The summed E-state index contributed by atoms with van der Waals surface area (Å²) < 4.78 is 0. The smallest absolute Gasteiger partial charge is 0.335 e. The number of rotatable bonds is 4. The van der Waals surface area contributed by atoms with Gasteiger partial charge in [-0.15, -0.1) is 0 Å². The maximum absolute atomic E-state index is 12.2. The van der Waals surface area contributed by atoms with E-state index >= 15 is 0 Å². The zero-order valence-electron chi connectivity index (χ0n) is 13.0. The van der Waals surface area contributed by atoms with Crippen molar-refractivity contribution >= 4 is 28.9 Å². The van der Waals surface area contributed by atoms with E-state index in [0.29, 0.717) is 11.1 Å². The lowest BCUT2D eigenvalue weighted by Gasteiger charge is -2.10. The van der Waals surface area contributed by atoms with E-state index in [2.05, 4.69) is 10.3 Å². The Hall–Kier alpha value is -3.07. The molecule has 24 heavy (non-hydrogen) atoms. The van der Waals surface area contributed by atoms with Gasteiger partial charge in [0.2, 0.25) is 0 Å². The number of nitrogens with one attached hydrogen (secondary N) is 2. The first-order valence-electron chi connectivity index (χ1n) is 7.85. The average Bonchev–Trinajstić information content (AvgIpc) is 3.21. The van der Waals surface area contributed by atoms with Crippen molar-refractivity contribution in [1.82, 2.24) is 10.3 Å². The highest BCUT2D eigenvalue weighted by Gasteiger charge is 2.19. The number of aromatic carboxylic acids is 1. The Kier molecular flexibility index (Phi) is 4.34. The van der Waals surface area contributed by atoms with E-state index in [9.17, 15) is 14.9 Å². The zero-order chi connectivity index (χ0) is 17.1. The number of hydrogen-bond donors (Lipinski definition) is 3. The molecule has 2 aromatic rings. The van der Waals surface area contributed by atoms with Crippen LogP contribution in [-0.2, 0) is 4.79 Å². The van der Waals surface area contributed by atoms with Crippen LogP contribution in [0, 0.1) is 11.3 Å². The van der Waals surface area contributed by atoms with Crippen molar-refractivity contribution in [3.05, 3.63) is 41.1 Å². The molecule has 0 atom stereocenters. The van der Waals surface area contributed by atoms with E-state index in [1.54, 1.807) is 12.3 Å². The molecular formula is C18H17N3O3. The number of benzene rings is 1. The fourth-order valence-corrected chi connectivity index (χ4v) is 3.04. The summed E-state index contributed by atoms with van der Waals surface area (Å²) in [7, 11) is 0. The molecule has 0 saturated heterocycles. The molecule has 6 heteroatoms. The van der Waals surface area contributed by atoms with E-state index < -0.39 is 5.97 Å². The first-order valence-corrected chi connectivity index (χ1v) is 7.85. The Morgan fingerprint density at radius 2 is 2.08 bits per heavy atom. The Morgan fingerprint density at radius 1 is 1.33 bits per heavy atom.